The average molecular weight is 440 g/mol. The van der Waals surface area contributed by atoms with Crippen LogP contribution < -0.4 is 10.1 Å². The Hall–Kier alpha value is -4.19. The summed E-state index contributed by atoms with van der Waals surface area (Å²) >= 11 is 0. The summed E-state index contributed by atoms with van der Waals surface area (Å²) in [6.07, 6.45) is 0.283. The van der Waals surface area contributed by atoms with E-state index < -0.39 is 17.9 Å². The van der Waals surface area contributed by atoms with Gasteiger partial charge in [0, 0.05) is 11.8 Å². The van der Waals surface area contributed by atoms with Crippen LogP contribution in [-0.4, -0.2) is 30.0 Å². The number of hydrogen-bond acceptors (Lipinski definition) is 5. The minimum Gasteiger partial charge on any atom is -0.489 e. The van der Waals surface area contributed by atoms with Gasteiger partial charge in [-0.15, -0.1) is 0 Å². The first-order chi connectivity index (χ1) is 16.1. The molecule has 3 aromatic carbocycles. The number of hydrogen-bond donors (Lipinski definition) is 1. The predicted molar refractivity (Wildman–Crippen MR) is 126 cm³/mol. The Morgan fingerprint density at radius 3 is 2.33 bits per heavy atom. The van der Waals surface area contributed by atoms with Crippen molar-refractivity contribution in [3.05, 3.63) is 108 Å². The zero-order valence-corrected chi connectivity index (χ0v) is 18.2. The van der Waals surface area contributed by atoms with Crippen LogP contribution in [0.15, 0.2) is 91.0 Å². The van der Waals surface area contributed by atoms with Gasteiger partial charge in [0.2, 0.25) is 0 Å². The van der Waals surface area contributed by atoms with Gasteiger partial charge in [0.15, 0.2) is 0 Å². The van der Waals surface area contributed by atoms with Gasteiger partial charge in [0.25, 0.3) is 5.91 Å². The maximum absolute atomic E-state index is 12.8. The molecule has 0 bridgehead atoms. The van der Waals surface area contributed by atoms with Gasteiger partial charge < -0.3 is 14.8 Å². The van der Waals surface area contributed by atoms with Crippen molar-refractivity contribution in [2.24, 2.45) is 0 Å². The number of carbonyl (C=O) groups is 2. The van der Waals surface area contributed by atoms with Gasteiger partial charge in [-0.25, -0.2) is 9.78 Å². The van der Waals surface area contributed by atoms with Gasteiger partial charge in [0.1, 0.15) is 24.1 Å². The average Bonchev–Trinajstić information content (AvgIpc) is 2.87. The fourth-order valence-electron chi connectivity index (χ4n) is 3.46. The number of methoxy groups -OCH3 is 1. The first-order valence-electron chi connectivity index (χ1n) is 10.6. The van der Waals surface area contributed by atoms with Crippen molar-refractivity contribution in [2.45, 2.75) is 19.1 Å². The number of rotatable bonds is 8. The number of amides is 1. The fraction of sp³-hybridized carbons (Fsp3) is 0.148. The summed E-state index contributed by atoms with van der Waals surface area (Å²) in [5, 5.41) is 3.69. The minimum atomic E-state index is -0.841. The lowest BCUT2D eigenvalue weighted by Gasteiger charge is -2.17. The van der Waals surface area contributed by atoms with Crippen molar-refractivity contribution < 1.29 is 19.1 Å². The van der Waals surface area contributed by atoms with E-state index in [1.54, 1.807) is 6.07 Å². The summed E-state index contributed by atoms with van der Waals surface area (Å²) in [5.41, 5.74) is 2.90. The molecule has 0 aliphatic carbocycles. The zero-order valence-electron chi connectivity index (χ0n) is 18.2. The smallest absolute Gasteiger partial charge is 0.328 e. The number of carbonyl (C=O) groups excluding carboxylic acids is 2. The van der Waals surface area contributed by atoms with Gasteiger partial charge in [0.05, 0.1) is 12.6 Å². The summed E-state index contributed by atoms with van der Waals surface area (Å²) in [7, 11) is 1.30. The third-order valence-corrected chi connectivity index (χ3v) is 5.23. The van der Waals surface area contributed by atoms with Crippen LogP contribution in [0.4, 0.5) is 0 Å². The Labute approximate surface area is 192 Å². The van der Waals surface area contributed by atoms with E-state index in [0.29, 0.717) is 12.1 Å². The summed E-state index contributed by atoms with van der Waals surface area (Å²) in [4.78, 5) is 29.5. The second-order valence-corrected chi connectivity index (χ2v) is 7.56. The van der Waals surface area contributed by atoms with Crippen molar-refractivity contribution in [1.29, 1.82) is 0 Å². The highest BCUT2D eigenvalue weighted by Gasteiger charge is 2.23. The van der Waals surface area contributed by atoms with Crippen LogP contribution in [-0.2, 0) is 22.6 Å². The number of pyridine rings is 1. The molecule has 1 amide bonds. The van der Waals surface area contributed by atoms with Crippen molar-refractivity contribution in [2.75, 3.05) is 7.11 Å². The molecule has 166 valence electrons. The summed E-state index contributed by atoms with van der Waals surface area (Å²) in [6.45, 7) is 0.472. The predicted octanol–water partition coefficient (Wildman–Crippen LogP) is 4.33. The number of nitrogens with zero attached hydrogens (tertiary/aromatic N) is 1. The maximum Gasteiger partial charge on any atom is 0.328 e. The van der Waals surface area contributed by atoms with Gasteiger partial charge in [-0.05, 0) is 35.4 Å². The molecule has 0 radical (unpaired) electrons. The Balaban J connectivity index is 1.41. The lowest BCUT2D eigenvalue weighted by molar-refractivity contribution is -0.142. The van der Waals surface area contributed by atoms with Crippen molar-refractivity contribution >= 4 is 22.8 Å². The molecule has 1 atom stereocenters. The number of ether oxygens (including phenoxy) is 2. The van der Waals surface area contributed by atoms with E-state index in [9.17, 15) is 9.59 Å². The highest BCUT2D eigenvalue weighted by atomic mass is 16.5. The van der Waals surface area contributed by atoms with E-state index in [1.165, 1.54) is 7.11 Å². The molecular formula is C27H24N2O4. The fourth-order valence-corrected chi connectivity index (χ4v) is 3.46. The molecule has 4 aromatic rings. The number of benzene rings is 3. The van der Waals surface area contributed by atoms with Gasteiger partial charge in [-0.1, -0.05) is 66.7 Å². The number of para-hydroxylation sites is 1. The van der Waals surface area contributed by atoms with E-state index >= 15 is 0 Å². The van der Waals surface area contributed by atoms with Crippen LogP contribution in [0.25, 0.3) is 10.9 Å². The van der Waals surface area contributed by atoms with Crippen LogP contribution in [0.5, 0.6) is 5.75 Å². The normalized spacial score (nSPS) is 11.5. The molecule has 0 aliphatic heterocycles. The van der Waals surface area contributed by atoms with E-state index in [1.807, 2.05) is 84.9 Å². The number of aromatic nitrogens is 1. The van der Waals surface area contributed by atoms with Crippen molar-refractivity contribution in [1.82, 2.24) is 10.3 Å². The number of fused-ring (bicyclic) bond motifs is 1. The quantitative estimate of drug-likeness (QED) is 0.413. The molecule has 6 nitrogen and oxygen atoms in total. The molecule has 0 aliphatic rings. The molecule has 4 rings (SSSR count). The van der Waals surface area contributed by atoms with Crippen molar-refractivity contribution in [3.8, 4) is 5.75 Å². The Morgan fingerprint density at radius 1 is 0.848 bits per heavy atom. The van der Waals surface area contributed by atoms with E-state index in [0.717, 1.165) is 22.3 Å². The standard InChI is InChI=1S/C27H24N2O4/c1-32-27(31)25(29-26(30)24-16-13-21-9-5-6-10-23(21)28-24)17-19-11-14-22(15-12-19)33-18-20-7-3-2-4-8-20/h2-16,25H,17-18H2,1H3,(H,29,30)/t25-/m1/s1. The highest BCUT2D eigenvalue weighted by molar-refractivity contribution is 5.97. The van der Waals surface area contributed by atoms with E-state index in [4.69, 9.17) is 9.47 Å². The zero-order chi connectivity index (χ0) is 23.0. The molecule has 0 fully saturated rings. The highest BCUT2D eigenvalue weighted by Crippen LogP contribution is 2.16. The molecule has 6 heteroatoms. The molecule has 0 saturated carbocycles. The van der Waals surface area contributed by atoms with E-state index in [-0.39, 0.29) is 12.1 Å². The van der Waals surface area contributed by atoms with Gasteiger partial charge in [-0.3, -0.25) is 4.79 Å². The third-order valence-electron chi connectivity index (χ3n) is 5.23. The Kier molecular flexibility index (Phi) is 6.95. The molecule has 0 saturated heterocycles. The Morgan fingerprint density at radius 2 is 1.58 bits per heavy atom. The summed E-state index contributed by atoms with van der Waals surface area (Å²) < 4.78 is 10.7. The minimum absolute atomic E-state index is 0.243. The molecular weight excluding hydrogens is 416 g/mol. The van der Waals surface area contributed by atoms with Crippen molar-refractivity contribution in [3.63, 3.8) is 0 Å². The topological polar surface area (TPSA) is 77.5 Å². The van der Waals surface area contributed by atoms with E-state index in [2.05, 4.69) is 10.3 Å². The molecule has 1 heterocycles. The Bertz CT molecular complexity index is 1240. The number of nitrogens with one attached hydrogen (secondary N) is 1. The molecule has 1 aromatic heterocycles. The summed E-state index contributed by atoms with van der Waals surface area (Å²) in [6, 6.07) is 27.5. The molecule has 1 N–H and O–H groups in total. The lowest BCUT2D eigenvalue weighted by Crippen LogP contribution is -2.43. The van der Waals surface area contributed by atoms with Crippen LogP contribution in [0.3, 0.4) is 0 Å². The van der Waals surface area contributed by atoms with Gasteiger partial charge in [-0.2, -0.15) is 0 Å². The third kappa shape index (κ3) is 5.74. The molecule has 0 spiro atoms. The monoisotopic (exact) mass is 440 g/mol. The number of esters is 1. The van der Waals surface area contributed by atoms with Crippen LogP contribution in [0.1, 0.15) is 21.6 Å². The first-order valence-corrected chi connectivity index (χ1v) is 10.6. The largest absolute Gasteiger partial charge is 0.489 e. The molecule has 33 heavy (non-hydrogen) atoms. The SMILES string of the molecule is COC(=O)[C@@H](Cc1ccc(OCc2ccccc2)cc1)NC(=O)c1ccc2ccccc2n1. The van der Waals surface area contributed by atoms with Crippen LogP contribution in [0.2, 0.25) is 0 Å². The second-order valence-electron chi connectivity index (χ2n) is 7.56. The lowest BCUT2D eigenvalue weighted by atomic mass is 10.1. The summed E-state index contributed by atoms with van der Waals surface area (Å²) in [5.74, 6) is -0.228. The van der Waals surface area contributed by atoms with Crippen LogP contribution in [0, 0.1) is 0 Å². The first kappa shape index (κ1) is 22.0. The maximum atomic E-state index is 12.8. The second kappa shape index (κ2) is 10.4. The van der Waals surface area contributed by atoms with Crippen LogP contribution >= 0.6 is 0 Å². The molecule has 0 unspecified atom stereocenters. The van der Waals surface area contributed by atoms with Gasteiger partial charge >= 0.3 is 5.97 Å².